The average molecular weight is 485 g/mol. The van der Waals surface area contributed by atoms with Crippen molar-refractivity contribution in [3.8, 4) is 29.4 Å². The highest BCUT2D eigenvalue weighted by molar-refractivity contribution is 9.10. The SMILES string of the molecule is C#CCOc1ccc2nc(C(=O)c3cccc(Br)c3)nc(-c3ccc(C(C)C)cc3)c2c1. The van der Waals surface area contributed by atoms with Crippen LogP contribution in [-0.2, 0) is 0 Å². The molecule has 0 radical (unpaired) electrons. The van der Waals surface area contributed by atoms with E-state index in [9.17, 15) is 4.79 Å². The molecule has 4 aromatic rings. The topological polar surface area (TPSA) is 52.1 Å². The number of ketones is 1. The molecule has 0 spiro atoms. The highest BCUT2D eigenvalue weighted by Gasteiger charge is 2.18. The van der Waals surface area contributed by atoms with Crippen LogP contribution in [0.2, 0.25) is 0 Å². The summed E-state index contributed by atoms with van der Waals surface area (Å²) < 4.78 is 6.42. The largest absolute Gasteiger partial charge is 0.481 e. The van der Waals surface area contributed by atoms with Crippen LogP contribution in [0.25, 0.3) is 22.2 Å². The van der Waals surface area contributed by atoms with Crippen LogP contribution in [0.1, 0.15) is 41.5 Å². The van der Waals surface area contributed by atoms with Crippen molar-refractivity contribution in [2.24, 2.45) is 0 Å². The number of aromatic nitrogens is 2. The number of rotatable bonds is 6. The Balaban J connectivity index is 1.88. The van der Waals surface area contributed by atoms with E-state index in [1.807, 2.05) is 36.4 Å². The van der Waals surface area contributed by atoms with Crippen LogP contribution in [0, 0.1) is 12.3 Å². The summed E-state index contributed by atoms with van der Waals surface area (Å²) in [6, 6.07) is 20.9. The third-order valence-corrected chi connectivity index (χ3v) is 5.62. The van der Waals surface area contributed by atoms with Gasteiger partial charge in [0.05, 0.1) is 11.2 Å². The Kier molecular flexibility index (Phi) is 6.34. The maximum atomic E-state index is 13.2. The van der Waals surface area contributed by atoms with Gasteiger partial charge in [0.25, 0.3) is 0 Å². The standard InChI is InChI=1S/C27H21BrN2O2/c1-4-14-32-22-12-13-24-23(16-22)25(19-10-8-18(9-11-19)17(2)3)30-27(29-24)26(31)20-6-5-7-21(28)15-20/h1,5-13,15-17H,14H2,2-3H3. The summed E-state index contributed by atoms with van der Waals surface area (Å²) in [7, 11) is 0. The van der Waals surface area contributed by atoms with Gasteiger partial charge in [-0.2, -0.15) is 0 Å². The van der Waals surface area contributed by atoms with E-state index in [4.69, 9.17) is 16.1 Å². The zero-order valence-corrected chi connectivity index (χ0v) is 19.4. The number of hydrogen-bond donors (Lipinski definition) is 0. The van der Waals surface area contributed by atoms with Crippen molar-refractivity contribution in [2.75, 3.05) is 6.61 Å². The number of benzene rings is 3. The van der Waals surface area contributed by atoms with E-state index in [1.54, 1.807) is 18.2 Å². The first-order valence-corrected chi connectivity index (χ1v) is 11.0. The molecule has 0 fully saturated rings. The highest BCUT2D eigenvalue weighted by atomic mass is 79.9. The normalized spacial score (nSPS) is 10.8. The van der Waals surface area contributed by atoms with Crippen molar-refractivity contribution in [3.63, 3.8) is 0 Å². The lowest BCUT2D eigenvalue weighted by Crippen LogP contribution is -2.09. The van der Waals surface area contributed by atoms with Gasteiger partial charge in [-0.1, -0.05) is 72.1 Å². The van der Waals surface area contributed by atoms with Crippen LogP contribution < -0.4 is 4.74 Å². The average Bonchev–Trinajstić information content (AvgIpc) is 2.81. The molecule has 1 aromatic heterocycles. The van der Waals surface area contributed by atoms with Gasteiger partial charge in [0.15, 0.2) is 0 Å². The molecule has 32 heavy (non-hydrogen) atoms. The second kappa shape index (κ2) is 9.33. The predicted octanol–water partition coefficient (Wildman–Crippen LogP) is 6.43. The molecule has 1 heterocycles. The number of carbonyl (C=O) groups excluding carboxylic acids is 1. The fourth-order valence-electron chi connectivity index (χ4n) is 3.43. The molecule has 0 N–H and O–H groups in total. The molecule has 5 heteroatoms. The van der Waals surface area contributed by atoms with Crippen LogP contribution in [-0.4, -0.2) is 22.4 Å². The molecule has 4 nitrogen and oxygen atoms in total. The third-order valence-electron chi connectivity index (χ3n) is 5.13. The molecule has 0 unspecified atom stereocenters. The quantitative estimate of drug-likeness (QED) is 0.234. The van der Waals surface area contributed by atoms with E-state index in [0.717, 1.165) is 15.4 Å². The van der Waals surface area contributed by atoms with Crippen molar-refractivity contribution in [1.29, 1.82) is 0 Å². The Hall–Kier alpha value is -3.49. The van der Waals surface area contributed by atoms with Crippen LogP contribution >= 0.6 is 15.9 Å². The second-order valence-electron chi connectivity index (χ2n) is 7.68. The van der Waals surface area contributed by atoms with Gasteiger partial charge in [-0.25, -0.2) is 9.97 Å². The number of hydrogen-bond acceptors (Lipinski definition) is 4. The van der Waals surface area contributed by atoms with E-state index in [1.165, 1.54) is 5.56 Å². The number of carbonyl (C=O) groups is 1. The van der Waals surface area contributed by atoms with Crippen LogP contribution in [0.4, 0.5) is 0 Å². The van der Waals surface area contributed by atoms with Crippen molar-refractivity contribution in [2.45, 2.75) is 19.8 Å². The first-order chi connectivity index (χ1) is 15.5. The maximum Gasteiger partial charge on any atom is 0.230 e. The molecular formula is C27H21BrN2O2. The smallest absolute Gasteiger partial charge is 0.230 e. The van der Waals surface area contributed by atoms with E-state index in [-0.39, 0.29) is 18.2 Å². The van der Waals surface area contributed by atoms with Crippen LogP contribution in [0.3, 0.4) is 0 Å². The first-order valence-electron chi connectivity index (χ1n) is 10.2. The van der Waals surface area contributed by atoms with Gasteiger partial charge in [-0.05, 0) is 41.8 Å². The maximum absolute atomic E-state index is 13.2. The second-order valence-corrected chi connectivity index (χ2v) is 8.60. The molecule has 0 bridgehead atoms. The van der Waals surface area contributed by atoms with Gasteiger partial charge in [0.2, 0.25) is 11.6 Å². The summed E-state index contributed by atoms with van der Waals surface area (Å²) >= 11 is 3.42. The number of halogens is 1. The van der Waals surface area contributed by atoms with Crippen LogP contribution in [0.15, 0.2) is 71.2 Å². The van der Waals surface area contributed by atoms with Gasteiger partial charge in [0.1, 0.15) is 12.4 Å². The molecule has 0 aliphatic rings. The highest BCUT2D eigenvalue weighted by Crippen LogP contribution is 2.31. The Morgan fingerprint density at radius 1 is 1.06 bits per heavy atom. The summed E-state index contributed by atoms with van der Waals surface area (Å²) in [5.41, 5.74) is 3.99. The van der Waals surface area contributed by atoms with E-state index in [0.29, 0.717) is 28.4 Å². The molecule has 0 amide bonds. The fourth-order valence-corrected chi connectivity index (χ4v) is 3.83. The van der Waals surface area contributed by atoms with Crippen molar-refractivity contribution in [1.82, 2.24) is 9.97 Å². The number of nitrogens with zero attached hydrogens (tertiary/aromatic N) is 2. The monoisotopic (exact) mass is 484 g/mol. The molecule has 4 rings (SSSR count). The summed E-state index contributed by atoms with van der Waals surface area (Å²) in [6.45, 7) is 4.47. The van der Waals surface area contributed by atoms with Gasteiger partial charge in [-0.15, -0.1) is 6.42 Å². The predicted molar refractivity (Wildman–Crippen MR) is 131 cm³/mol. The zero-order chi connectivity index (χ0) is 22.7. The number of terminal acetylenes is 1. The molecule has 0 saturated heterocycles. The van der Waals surface area contributed by atoms with Gasteiger partial charge >= 0.3 is 0 Å². The molecular weight excluding hydrogens is 464 g/mol. The summed E-state index contributed by atoms with van der Waals surface area (Å²) in [4.78, 5) is 22.4. The number of fused-ring (bicyclic) bond motifs is 1. The summed E-state index contributed by atoms with van der Waals surface area (Å²) in [5.74, 6) is 3.44. The first kappa shape index (κ1) is 21.7. The Morgan fingerprint density at radius 2 is 1.84 bits per heavy atom. The zero-order valence-electron chi connectivity index (χ0n) is 17.8. The summed E-state index contributed by atoms with van der Waals surface area (Å²) in [6.07, 6.45) is 5.33. The van der Waals surface area contributed by atoms with E-state index in [2.05, 4.69) is 52.8 Å². The van der Waals surface area contributed by atoms with Crippen molar-refractivity contribution < 1.29 is 9.53 Å². The molecule has 3 aromatic carbocycles. The van der Waals surface area contributed by atoms with Crippen molar-refractivity contribution >= 4 is 32.6 Å². The molecule has 158 valence electrons. The lowest BCUT2D eigenvalue weighted by molar-refractivity contribution is 0.103. The van der Waals surface area contributed by atoms with Gasteiger partial charge in [0, 0.05) is 21.0 Å². The molecule has 0 aliphatic heterocycles. The number of ether oxygens (including phenoxy) is 1. The fraction of sp³-hybridized carbons (Fsp3) is 0.148. The van der Waals surface area contributed by atoms with E-state index < -0.39 is 0 Å². The van der Waals surface area contributed by atoms with Crippen molar-refractivity contribution in [3.05, 3.63) is 88.2 Å². The summed E-state index contributed by atoms with van der Waals surface area (Å²) in [5, 5.41) is 0.794. The third kappa shape index (κ3) is 4.56. The minimum absolute atomic E-state index is 0.149. The van der Waals surface area contributed by atoms with Crippen LogP contribution in [0.5, 0.6) is 5.75 Å². The lowest BCUT2D eigenvalue weighted by Gasteiger charge is -2.12. The van der Waals surface area contributed by atoms with Gasteiger partial charge < -0.3 is 4.74 Å². The van der Waals surface area contributed by atoms with Gasteiger partial charge in [-0.3, -0.25) is 4.79 Å². The molecule has 0 atom stereocenters. The Morgan fingerprint density at radius 3 is 2.53 bits per heavy atom. The Labute approximate surface area is 195 Å². The minimum atomic E-state index is -0.235. The molecule has 0 saturated carbocycles. The van der Waals surface area contributed by atoms with E-state index >= 15 is 0 Å². The minimum Gasteiger partial charge on any atom is -0.481 e. The molecule has 0 aliphatic carbocycles. The Bertz CT molecular complexity index is 1340. The lowest BCUT2D eigenvalue weighted by atomic mass is 9.99.